The largest absolute Gasteiger partial charge is 0.462 e. The monoisotopic (exact) mass is 258 g/mol. The molecule has 0 spiro atoms. The van der Waals surface area contributed by atoms with Gasteiger partial charge in [0.25, 0.3) is 0 Å². The van der Waals surface area contributed by atoms with E-state index in [-0.39, 0.29) is 11.9 Å². The lowest BCUT2D eigenvalue weighted by molar-refractivity contribution is 0.0524. The first-order chi connectivity index (χ1) is 9.13. The fourth-order valence-electron chi connectivity index (χ4n) is 1.89. The van der Waals surface area contributed by atoms with Gasteiger partial charge in [-0.2, -0.15) is 5.10 Å². The first-order valence-electron chi connectivity index (χ1n) is 6.45. The second-order valence-electron chi connectivity index (χ2n) is 4.58. The minimum absolute atomic E-state index is 0.171. The van der Waals surface area contributed by atoms with Gasteiger partial charge in [0.2, 0.25) is 0 Å². The maximum Gasteiger partial charge on any atom is 0.341 e. The number of para-hydroxylation sites is 1. The van der Waals surface area contributed by atoms with Crippen molar-refractivity contribution in [2.75, 3.05) is 6.61 Å². The van der Waals surface area contributed by atoms with E-state index in [1.54, 1.807) is 17.8 Å². The summed E-state index contributed by atoms with van der Waals surface area (Å²) in [6, 6.07) is 9.73. The Morgan fingerprint density at radius 2 is 2.00 bits per heavy atom. The first kappa shape index (κ1) is 13.3. The van der Waals surface area contributed by atoms with Gasteiger partial charge in [0.05, 0.1) is 18.0 Å². The van der Waals surface area contributed by atoms with E-state index in [4.69, 9.17) is 4.74 Å². The number of carbonyl (C=O) groups excluding carboxylic acids is 1. The van der Waals surface area contributed by atoms with E-state index in [0.29, 0.717) is 12.2 Å². The van der Waals surface area contributed by atoms with Gasteiger partial charge >= 0.3 is 5.97 Å². The Morgan fingerprint density at radius 3 is 2.58 bits per heavy atom. The molecule has 0 aliphatic carbocycles. The van der Waals surface area contributed by atoms with Gasteiger partial charge in [0.1, 0.15) is 5.56 Å². The van der Waals surface area contributed by atoms with Crippen LogP contribution in [0.1, 0.15) is 42.7 Å². The summed E-state index contributed by atoms with van der Waals surface area (Å²) < 4.78 is 6.80. The number of hydrogen-bond acceptors (Lipinski definition) is 3. The number of hydrogen-bond donors (Lipinski definition) is 0. The Hall–Kier alpha value is -2.10. The average Bonchev–Trinajstić information content (AvgIpc) is 2.85. The molecule has 0 saturated carbocycles. The SMILES string of the molecule is CCOC(=O)c1cn(-c2ccccc2)nc1C(C)C. The molecule has 0 atom stereocenters. The van der Waals surface area contributed by atoms with E-state index in [2.05, 4.69) is 5.10 Å². The highest BCUT2D eigenvalue weighted by Gasteiger charge is 2.20. The van der Waals surface area contributed by atoms with Gasteiger partial charge in [-0.05, 0) is 25.0 Å². The van der Waals surface area contributed by atoms with Crippen LogP contribution in [0.5, 0.6) is 0 Å². The fourth-order valence-corrected chi connectivity index (χ4v) is 1.89. The van der Waals surface area contributed by atoms with Crippen molar-refractivity contribution >= 4 is 5.97 Å². The summed E-state index contributed by atoms with van der Waals surface area (Å²) in [5.41, 5.74) is 2.24. The van der Waals surface area contributed by atoms with Crippen molar-refractivity contribution < 1.29 is 9.53 Å². The third-order valence-corrected chi connectivity index (χ3v) is 2.81. The number of ether oxygens (including phenoxy) is 1. The molecule has 0 N–H and O–H groups in total. The molecule has 0 radical (unpaired) electrons. The molecule has 1 aromatic heterocycles. The summed E-state index contributed by atoms with van der Waals surface area (Å²) in [5, 5.41) is 4.50. The summed E-state index contributed by atoms with van der Waals surface area (Å²) in [5.74, 6) is -0.141. The number of benzene rings is 1. The minimum Gasteiger partial charge on any atom is -0.462 e. The molecule has 0 amide bonds. The molecule has 4 heteroatoms. The number of rotatable bonds is 4. The van der Waals surface area contributed by atoms with Gasteiger partial charge in [-0.1, -0.05) is 32.0 Å². The van der Waals surface area contributed by atoms with Crippen LogP contribution >= 0.6 is 0 Å². The second kappa shape index (κ2) is 5.69. The topological polar surface area (TPSA) is 44.1 Å². The summed E-state index contributed by atoms with van der Waals surface area (Å²) in [6.45, 7) is 6.20. The number of carbonyl (C=O) groups is 1. The molecule has 0 saturated heterocycles. The molecule has 2 aromatic rings. The molecular weight excluding hydrogens is 240 g/mol. The molecule has 0 aliphatic rings. The van der Waals surface area contributed by atoms with Crippen LogP contribution < -0.4 is 0 Å². The van der Waals surface area contributed by atoms with E-state index in [0.717, 1.165) is 11.4 Å². The molecule has 0 aliphatic heterocycles. The zero-order valence-corrected chi connectivity index (χ0v) is 11.5. The smallest absolute Gasteiger partial charge is 0.341 e. The van der Waals surface area contributed by atoms with E-state index >= 15 is 0 Å². The molecule has 0 unspecified atom stereocenters. The van der Waals surface area contributed by atoms with Gasteiger partial charge < -0.3 is 4.74 Å². The Balaban J connectivity index is 2.44. The van der Waals surface area contributed by atoms with Gasteiger partial charge in [-0.25, -0.2) is 9.48 Å². The lowest BCUT2D eigenvalue weighted by Crippen LogP contribution is -2.07. The first-order valence-corrected chi connectivity index (χ1v) is 6.45. The van der Waals surface area contributed by atoms with Crippen LogP contribution in [0.4, 0.5) is 0 Å². The van der Waals surface area contributed by atoms with Crippen molar-refractivity contribution in [1.82, 2.24) is 9.78 Å². The summed E-state index contributed by atoms with van der Waals surface area (Å²) >= 11 is 0. The van der Waals surface area contributed by atoms with Crippen LogP contribution in [0.25, 0.3) is 5.69 Å². The molecule has 1 heterocycles. The van der Waals surface area contributed by atoms with Gasteiger partial charge in [0.15, 0.2) is 0 Å². The molecule has 2 rings (SSSR count). The van der Waals surface area contributed by atoms with Crippen molar-refractivity contribution in [1.29, 1.82) is 0 Å². The van der Waals surface area contributed by atoms with Crippen LogP contribution in [0.15, 0.2) is 36.5 Å². The van der Waals surface area contributed by atoms with Crippen molar-refractivity contribution in [3.05, 3.63) is 47.8 Å². The molecule has 4 nitrogen and oxygen atoms in total. The lowest BCUT2D eigenvalue weighted by atomic mass is 10.1. The quantitative estimate of drug-likeness (QED) is 0.791. The average molecular weight is 258 g/mol. The van der Waals surface area contributed by atoms with Gasteiger partial charge in [-0.3, -0.25) is 0 Å². The Kier molecular flexibility index (Phi) is 4.00. The van der Waals surface area contributed by atoms with Crippen molar-refractivity contribution in [3.8, 4) is 5.69 Å². The van der Waals surface area contributed by atoms with Gasteiger partial charge in [0, 0.05) is 6.20 Å². The van der Waals surface area contributed by atoms with Crippen molar-refractivity contribution in [2.45, 2.75) is 26.7 Å². The standard InChI is InChI=1S/C15H18N2O2/c1-4-19-15(18)13-10-17(16-14(13)11(2)3)12-8-6-5-7-9-12/h5-11H,4H2,1-3H3. The molecule has 0 fully saturated rings. The highest BCUT2D eigenvalue weighted by molar-refractivity contribution is 5.90. The number of nitrogens with zero attached hydrogens (tertiary/aromatic N) is 2. The Morgan fingerprint density at radius 1 is 1.32 bits per heavy atom. The van der Waals surface area contributed by atoms with Crippen LogP contribution in [0, 0.1) is 0 Å². The zero-order valence-electron chi connectivity index (χ0n) is 11.5. The van der Waals surface area contributed by atoms with Gasteiger partial charge in [-0.15, -0.1) is 0 Å². The van der Waals surface area contributed by atoms with E-state index in [1.165, 1.54) is 0 Å². The fraction of sp³-hybridized carbons (Fsp3) is 0.333. The highest BCUT2D eigenvalue weighted by atomic mass is 16.5. The normalized spacial score (nSPS) is 10.7. The summed E-state index contributed by atoms with van der Waals surface area (Å²) in [4.78, 5) is 11.9. The molecular formula is C15H18N2O2. The number of esters is 1. The molecule has 1 aromatic carbocycles. The molecule has 100 valence electrons. The third kappa shape index (κ3) is 2.84. The second-order valence-corrected chi connectivity index (χ2v) is 4.58. The lowest BCUT2D eigenvalue weighted by Gasteiger charge is -2.04. The Bertz CT molecular complexity index is 559. The van der Waals surface area contributed by atoms with Crippen LogP contribution in [0.3, 0.4) is 0 Å². The third-order valence-electron chi connectivity index (χ3n) is 2.81. The molecule has 0 bridgehead atoms. The van der Waals surface area contributed by atoms with Crippen molar-refractivity contribution in [2.24, 2.45) is 0 Å². The van der Waals surface area contributed by atoms with Crippen LogP contribution in [-0.2, 0) is 4.74 Å². The van der Waals surface area contributed by atoms with E-state index in [1.807, 2.05) is 44.2 Å². The maximum atomic E-state index is 11.9. The van der Waals surface area contributed by atoms with Crippen molar-refractivity contribution in [3.63, 3.8) is 0 Å². The number of aromatic nitrogens is 2. The predicted octanol–water partition coefficient (Wildman–Crippen LogP) is 3.17. The zero-order chi connectivity index (χ0) is 13.8. The van der Waals surface area contributed by atoms with E-state index < -0.39 is 0 Å². The highest BCUT2D eigenvalue weighted by Crippen LogP contribution is 2.20. The predicted molar refractivity (Wildman–Crippen MR) is 73.6 cm³/mol. The summed E-state index contributed by atoms with van der Waals surface area (Å²) in [6.07, 6.45) is 1.74. The summed E-state index contributed by atoms with van der Waals surface area (Å²) in [7, 11) is 0. The van der Waals surface area contributed by atoms with Crippen LogP contribution in [-0.4, -0.2) is 22.4 Å². The minimum atomic E-state index is -0.312. The van der Waals surface area contributed by atoms with Crippen LogP contribution in [0.2, 0.25) is 0 Å². The Labute approximate surface area is 113 Å². The van der Waals surface area contributed by atoms with E-state index in [9.17, 15) is 4.79 Å². The molecule has 19 heavy (non-hydrogen) atoms. The maximum absolute atomic E-state index is 11.9.